The van der Waals surface area contributed by atoms with Gasteiger partial charge in [-0.15, -0.1) is 0 Å². The number of rotatable bonds is 3. The largest absolute Gasteiger partial charge is 0.422 e. The van der Waals surface area contributed by atoms with Gasteiger partial charge in [0.25, 0.3) is 0 Å². The Morgan fingerprint density at radius 1 is 1.86 bits per heavy atom. The molecule has 0 aliphatic heterocycles. The van der Waals surface area contributed by atoms with Crippen molar-refractivity contribution in [1.29, 1.82) is 0 Å². The molecule has 0 aliphatic rings. The summed E-state index contributed by atoms with van der Waals surface area (Å²) >= 11 is 0. The molecule has 0 radical (unpaired) electrons. The standard InChI is InChI=1S/C4H12O2Si/c1-3-6-7-4(2)5/h4-5H,3,7H2,1-2H3. The minimum Gasteiger partial charge on any atom is -0.422 e. The average Bonchev–Trinajstić information content (AvgIpc) is 1.61. The summed E-state index contributed by atoms with van der Waals surface area (Å²) in [5.41, 5.74) is -0.181. The quantitative estimate of drug-likeness (QED) is 0.506. The van der Waals surface area contributed by atoms with Crippen LogP contribution in [-0.4, -0.2) is 27.2 Å². The summed E-state index contributed by atoms with van der Waals surface area (Å²) in [5.74, 6) is 0. The molecule has 0 aromatic heterocycles. The highest BCUT2D eigenvalue weighted by atomic mass is 28.2. The molecule has 1 atom stereocenters. The molecule has 0 heterocycles. The Hall–Kier alpha value is 0.137. The fourth-order valence-corrected chi connectivity index (χ4v) is 0.865. The van der Waals surface area contributed by atoms with Crippen LogP contribution in [0.25, 0.3) is 0 Å². The van der Waals surface area contributed by atoms with Crippen molar-refractivity contribution in [2.24, 2.45) is 0 Å². The van der Waals surface area contributed by atoms with Crippen molar-refractivity contribution in [2.75, 3.05) is 6.61 Å². The summed E-state index contributed by atoms with van der Waals surface area (Å²) in [6, 6.07) is 0. The van der Waals surface area contributed by atoms with Crippen molar-refractivity contribution in [3.05, 3.63) is 0 Å². The van der Waals surface area contributed by atoms with Crippen molar-refractivity contribution in [2.45, 2.75) is 19.6 Å². The summed E-state index contributed by atoms with van der Waals surface area (Å²) in [6.45, 7) is 4.45. The molecule has 1 unspecified atom stereocenters. The lowest BCUT2D eigenvalue weighted by Gasteiger charge is -1.99. The summed E-state index contributed by atoms with van der Waals surface area (Å²) in [4.78, 5) is 0. The molecule has 7 heavy (non-hydrogen) atoms. The molecule has 44 valence electrons. The van der Waals surface area contributed by atoms with Gasteiger partial charge in [-0.3, -0.25) is 0 Å². The molecule has 0 amide bonds. The number of aliphatic hydroxyl groups is 1. The Bertz CT molecular complexity index is 38.7. The Morgan fingerprint density at radius 2 is 2.43 bits per heavy atom. The van der Waals surface area contributed by atoms with Crippen LogP contribution in [0.5, 0.6) is 0 Å². The van der Waals surface area contributed by atoms with Crippen molar-refractivity contribution < 1.29 is 9.53 Å². The fourth-order valence-electron chi connectivity index (χ4n) is 0.288. The van der Waals surface area contributed by atoms with Crippen LogP contribution < -0.4 is 0 Å². The molecule has 0 aliphatic carbocycles. The molecule has 0 aromatic rings. The second-order valence-corrected chi connectivity index (χ2v) is 3.43. The van der Waals surface area contributed by atoms with Crippen LogP contribution in [0.4, 0.5) is 0 Å². The van der Waals surface area contributed by atoms with E-state index in [-0.39, 0.29) is 5.73 Å². The maximum atomic E-state index is 8.62. The maximum Gasteiger partial charge on any atom is 0.189 e. The monoisotopic (exact) mass is 120 g/mol. The van der Waals surface area contributed by atoms with Gasteiger partial charge in [-0.2, -0.15) is 0 Å². The van der Waals surface area contributed by atoms with Gasteiger partial charge in [0, 0.05) is 6.61 Å². The predicted molar refractivity (Wildman–Crippen MR) is 31.9 cm³/mol. The van der Waals surface area contributed by atoms with E-state index in [1.165, 1.54) is 0 Å². The molecule has 0 saturated carbocycles. The topological polar surface area (TPSA) is 29.5 Å². The molecule has 0 bridgehead atoms. The average molecular weight is 120 g/mol. The zero-order valence-corrected chi connectivity index (χ0v) is 6.26. The zero-order chi connectivity index (χ0) is 5.70. The van der Waals surface area contributed by atoms with Crippen LogP contribution in [0, 0.1) is 0 Å². The first kappa shape index (κ1) is 7.14. The molecular formula is C4H12O2Si. The highest BCUT2D eigenvalue weighted by Gasteiger charge is 1.92. The van der Waals surface area contributed by atoms with Gasteiger partial charge < -0.3 is 9.53 Å². The van der Waals surface area contributed by atoms with Gasteiger partial charge >= 0.3 is 0 Å². The summed E-state index contributed by atoms with van der Waals surface area (Å²) in [7, 11) is -0.598. The van der Waals surface area contributed by atoms with Crippen molar-refractivity contribution in [1.82, 2.24) is 0 Å². The van der Waals surface area contributed by atoms with E-state index in [4.69, 9.17) is 9.53 Å². The van der Waals surface area contributed by atoms with Gasteiger partial charge in [0.05, 0.1) is 5.73 Å². The first-order valence-corrected chi connectivity index (χ1v) is 3.92. The van der Waals surface area contributed by atoms with E-state index in [1.807, 2.05) is 6.92 Å². The lowest BCUT2D eigenvalue weighted by atomic mass is 10.9. The van der Waals surface area contributed by atoms with Gasteiger partial charge in [-0.1, -0.05) is 0 Å². The minimum atomic E-state index is -0.598. The normalized spacial score (nSPS) is 15.9. The Morgan fingerprint density at radius 3 is 2.57 bits per heavy atom. The Labute approximate surface area is 46.4 Å². The maximum absolute atomic E-state index is 8.62. The number of hydrogen-bond acceptors (Lipinski definition) is 2. The van der Waals surface area contributed by atoms with Crippen molar-refractivity contribution in [3.8, 4) is 0 Å². The van der Waals surface area contributed by atoms with Crippen LogP contribution in [0.1, 0.15) is 13.8 Å². The van der Waals surface area contributed by atoms with Crippen molar-refractivity contribution >= 4 is 9.76 Å². The van der Waals surface area contributed by atoms with E-state index >= 15 is 0 Å². The molecule has 2 nitrogen and oxygen atoms in total. The smallest absolute Gasteiger partial charge is 0.189 e. The minimum absolute atomic E-state index is 0.181. The molecule has 0 rings (SSSR count). The van der Waals surface area contributed by atoms with Gasteiger partial charge in [-0.05, 0) is 13.8 Å². The molecular weight excluding hydrogens is 108 g/mol. The number of aliphatic hydroxyl groups excluding tert-OH is 1. The predicted octanol–water partition coefficient (Wildman–Crippen LogP) is -0.555. The van der Waals surface area contributed by atoms with Crippen molar-refractivity contribution in [3.63, 3.8) is 0 Å². The summed E-state index contributed by atoms with van der Waals surface area (Å²) in [6.07, 6.45) is 0. The van der Waals surface area contributed by atoms with Crippen LogP contribution in [0.2, 0.25) is 0 Å². The van der Waals surface area contributed by atoms with Gasteiger partial charge in [0.15, 0.2) is 9.76 Å². The third kappa shape index (κ3) is 6.14. The molecule has 0 saturated heterocycles. The van der Waals surface area contributed by atoms with E-state index in [0.29, 0.717) is 0 Å². The zero-order valence-electron chi connectivity index (χ0n) is 4.85. The van der Waals surface area contributed by atoms with Gasteiger partial charge in [-0.25, -0.2) is 0 Å². The Kier molecular flexibility index (Phi) is 4.38. The molecule has 1 N–H and O–H groups in total. The van der Waals surface area contributed by atoms with E-state index in [9.17, 15) is 0 Å². The first-order chi connectivity index (χ1) is 3.27. The lowest BCUT2D eigenvalue weighted by molar-refractivity contribution is 0.235. The summed E-state index contributed by atoms with van der Waals surface area (Å²) in [5, 5.41) is 8.62. The van der Waals surface area contributed by atoms with E-state index < -0.39 is 9.76 Å². The Balaban J connectivity index is 2.68. The molecule has 0 aromatic carbocycles. The second kappa shape index (κ2) is 4.30. The molecule has 3 heteroatoms. The van der Waals surface area contributed by atoms with E-state index in [1.54, 1.807) is 6.92 Å². The third-order valence-electron chi connectivity index (χ3n) is 0.563. The van der Waals surface area contributed by atoms with Crippen LogP contribution in [-0.2, 0) is 4.43 Å². The molecule has 0 fully saturated rings. The van der Waals surface area contributed by atoms with Crippen LogP contribution in [0.15, 0.2) is 0 Å². The second-order valence-electron chi connectivity index (χ2n) is 1.51. The van der Waals surface area contributed by atoms with Crippen LogP contribution in [0.3, 0.4) is 0 Å². The SMILES string of the molecule is CCO[SiH2]C(C)O. The first-order valence-electron chi connectivity index (χ1n) is 2.53. The van der Waals surface area contributed by atoms with E-state index in [0.717, 1.165) is 6.61 Å². The van der Waals surface area contributed by atoms with Gasteiger partial charge in [0.1, 0.15) is 0 Å². The lowest BCUT2D eigenvalue weighted by Crippen LogP contribution is -2.14. The highest BCUT2D eigenvalue weighted by molar-refractivity contribution is 6.28. The van der Waals surface area contributed by atoms with Gasteiger partial charge in [0.2, 0.25) is 0 Å². The third-order valence-corrected chi connectivity index (χ3v) is 1.69. The number of hydrogen-bond donors (Lipinski definition) is 1. The van der Waals surface area contributed by atoms with Crippen LogP contribution >= 0.6 is 0 Å². The molecule has 0 spiro atoms. The fraction of sp³-hybridized carbons (Fsp3) is 1.00. The summed E-state index contributed by atoms with van der Waals surface area (Å²) < 4.78 is 4.98. The highest BCUT2D eigenvalue weighted by Crippen LogP contribution is 1.75. The van der Waals surface area contributed by atoms with E-state index in [2.05, 4.69) is 0 Å².